The number of fused-ring (bicyclic) bond motifs is 2. The van der Waals surface area contributed by atoms with Crippen LogP contribution in [-0.4, -0.2) is 9.75 Å². The largest absolute Gasteiger partial charge is 0.198 e. The molecule has 0 aromatic carbocycles. The molecule has 0 radical (unpaired) electrons. The average Bonchev–Trinajstić information content (AvgIpc) is 2.62. The standard InChI is InChI=1S/C11H8Cl4N2/c12-8-9(13)11(15)5-10(8,14)6(2-1-3-16)7(11)4-17/h6-7H,1-2,5H2/t6-,7+,10+,11+/m1/s1. The Kier molecular flexibility index (Phi) is 3.30. The van der Waals surface area contributed by atoms with Gasteiger partial charge in [-0.2, -0.15) is 10.5 Å². The highest BCUT2D eigenvalue weighted by Gasteiger charge is 2.68. The quantitative estimate of drug-likeness (QED) is 0.721. The van der Waals surface area contributed by atoms with E-state index in [2.05, 4.69) is 12.1 Å². The molecule has 2 bridgehead atoms. The monoisotopic (exact) mass is 308 g/mol. The summed E-state index contributed by atoms with van der Waals surface area (Å²) in [7, 11) is 0. The maximum atomic E-state index is 9.24. The van der Waals surface area contributed by atoms with E-state index in [9.17, 15) is 5.26 Å². The third-order valence-corrected chi connectivity index (χ3v) is 6.13. The second-order valence-corrected chi connectivity index (χ2v) is 6.54. The molecule has 2 rings (SSSR count). The maximum Gasteiger partial charge on any atom is 0.0994 e. The Balaban J connectivity index is 2.45. The molecule has 0 aromatic heterocycles. The van der Waals surface area contributed by atoms with Gasteiger partial charge in [0.2, 0.25) is 0 Å². The van der Waals surface area contributed by atoms with E-state index in [1.165, 1.54) is 0 Å². The molecule has 0 N–H and O–H groups in total. The highest BCUT2D eigenvalue weighted by molar-refractivity contribution is 6.51. The van der Waals surface area contributed by atoms with Crippen LogP contribution in [0.1, 0.15) is 19.3 Å². The van der Waals surface area contributed by atoms with Crippen LogP contribution >= 0.6 is 46.4 Å². The molecule has 1 fully saturated rings. The van der Waals surface area contributed by atoms with E-state index in [0.29, 0.717) is 24.3 Å². The summed E-state index contributed by atoms with van der Waals surface area (Å²) in [5.74, 6) is -0.716. The van der Waals surface area contributed by atoms with Crippen molar-refractivity contribution in [3.63, 3.8) is 0 Å². The predicted octanol–water partition coefficient (Wildman–Crippen LogP) is 4.11. The first-order valence-electron chi connectivity index (χ1n) is 5.12. The van der Waals surface area contributed by atoms with E-state index in [1.54, 1.807) is 0 Å². The van der Waals surface area contributed by atoms with Crippen molar-refractivity contribution in [2.75, 3.05) is 0 Å². The van der Waals surface area contributed by atoms with Crippen LogP contribution in [0.3, 0.4) is 0 Å². The van der Waals surface area contributed by atoms with Gasteiger partial charge in [0.05, 0.1) is 37.9 Å². The molecule has 0 amide bonds. The molecule has 2 aliphatic carbocycles. The lowest BCUT2D eigenvalue weighted by Gasteiger charge is -2.33. The first-order valence-corrected chi connectivity index (χ1v) is 6.63. The van der Waals surface area contributed by atoms with Crippen LogP contribution in [-0.2, 0) is 0 Å². The fraction of sp³-hybridized carbons (Fsp3) is 0.636. The van der Waals surface area contributed by atoms with Crippen LogP contribution in [0.2, 0.25) is 0 Å². The van der Waals surface area contributed by atoms with Gasteiger partial charge in [0.25, 0.3) is 0 Å². The van der Waals surface area contributed by atoms with Gasteiger partial charge in [0.1, 0.15) is 0 Å². The highest BCUT2D eigenvalue weighted by Crippen LogP contribution is 2.68. The fourth-order valence-electron chi connectivity index (χ4n) is 2.83. The minimum Gasteiger partial charge on any atom is -0.198 e. The maximum absolute atomic E-state index is 9.24. The number of allylic oxidation sites excluding steroid dienone is 2. The molecule has 0 unspecified atom stereocenters. The second kappa shape index (κ2) is 4.22. The molecule has 6 heteroatoms. The summed E-state index contributed by atoms with van der Waals surface area (Å²) in [6.07, 6.45) is 1.19. The van der Waals surface area contributed by atoms with Crippen LogP contribution in [0.4, 0.5) is 0 Å². The van der Waals surface area contributed by atoms with E-state index >= 15 is 0 Å². The summed E-state index contributed by atoms with van der Waals surface area (Å²) in [6, 6.07) is 4.22. The zero-order valence-corrected chi connectivity index (χ0v) is 11.7. The number of nitrogens with zero attached hydrogens (tertiary/aromatic N) is 2. The Hall–Kier alpha value is -0.120. The molecule has 90 valence electrons. The second-order valence-electron chi connectivity index (χ2n) is 4.44. The van der Waals surface area contributed by atoms with Crippen LogP contribution in [0, 0.1) is 34.5 Å². The van der Waals surface area contributed by atoms with Crippen molar-refractivity contribution in [1.82, 2.24) is 0 Å². The molecule has 0 saturated heterocycles. The van der Waals surface area contributed by atoms with Gasteiger partial charge in [0.15, 0.2) is 0 Å². The molecular formula is C11H8Cl4N2. The molecule has 0 aliphatic heterocycles. The van der Waals surface area contributed by atoms with Crippen molar-refractivity contribution in [2.24, 2.45) is 11.8 Å². The Bertz CT molecular complexity index is 475. The first kappa shape index (κ1) is 13.3. The smallest absolute Gasteiger partial charge is 0.0994 e. The lowest BCUT2D eigenvalue weighted by atomic mass is 9.80. The fourth-order valence-corrected chi connectivity index (χ4v) is 4.77. The molecule has 17 heavy (non-hydrogen) atoms. The normalized spacial score (nSPS) is 43.6. The number of hydrogen-bond acceptors (Lipinski definition) is 2. The third-order valence-electron chi connectivity index (χ3n) is 3.63. The van der Waals surface area contributed by atoms with Crippen molar-refractivity contribution >= 4 is 46.4 Å². The topological polar surface area (TPSA) is 47.6 Å². The lowest BCUT2D eigenvalue weighted by molar-refractivity contribution is 0.372. The van der Waals surface area contributed by atoms with Gasteiger partial charge < -0.3 is 0 Å². The Morgan fingerprint density at radius 2 is 1.76 bits per heavy atom. The zero-order chi connectivity index (χ0) is 12.8. The predicted molar refractivity (Wildman–Crippen MR) is 68.0 cm³/mol. The van der Waals surface area contributed by atoms with Crippen molar-refractivity contribution in [3.05, 3.63) is 10.1 Å². The van der Waals surface area contributed by atoms with E-state index in [0.717, 1.165) is 0 Å². The van der Waals surface area contributed by atoms with Gasteiger partial charge >= 0.3 is 0 Å². The number of rotatable bonds is 2. The summed E-state index contributed by atoms with van der Waals surface area (Å²) in [5, 5.41) is 18.5. The van der Waals surface area contributed by atoms with Crippen LogP contribution in [0.25, 0.3) is 0 Å². The summed E-state index contributed by atoms with van der Waals surface area (Å²) in [5.41, 5.74) is 0. The van der Waals surface area contributed by atoms with E-state index in [-0.39, 0.29) is 11.0 Å². The van der Waals surface area contributed by atoms with Gasteiger partial charge in [-0.05, 0) is 12.8 Å². The van der Waals surface area contributed by atoms with E-state index < -0.39 is 15.7 Å². The van der Waals surface area contributed by atoms with Crippen LogP contribution < -0.4 is 0 Å². The summed E-state index contributed by atoms with van der Waals surface area (Å²) >= 11 is 25.1. The van der Waals surface area contributed by atoms with Crippen LogP contribution in [0.15, 0.2) is 10.1 Å². The molecular weight excluding hydrogens is 302 g/mol. The molecule has 0 aromatic rings. The zero-order valence-electron chi connectivity index (χ0n) is 8.68. The van der Waals surface area contributed by atoms with Crippen molar-refractivity contribution in [3.8, 4) is 12.1 Å². The molecule has 4 atom stereocenters. The van der Waals surface area contributed by atoms with Gasteiger partial charge in [-0.25, -0.2) is 0 Å². The number of halogens is 4. The molecule has 2 nitrogen and oxygen atoms in total. The summed E-state index contributed by atoms with van der Waals surface area (Å²) in [6.45, 7) is 0. The third kappa shape index (κ3) is 1.59. The van der Waals surface area contributed by atoms with Crippen molar-refractivity contribution in [2.45, 2.75) is 29.0 Å². The Morgan fingerprint density at radius 3 is 2.29 bits per heavy atom. The van der Waals surface area contributed by atoms with E-state index in [4.69, 9.17) is 51.7 Å². The van der Waals surface area contributed by atoms with Crippen molar-refractivity contribution < 1.29 is 0 Å². The van der Waals surface area contributed by atoms with Gasteiger partial charge in [-0.3, -0.25) is 0 Å². The molecule has 0 spiro atoms. The summed E-state index contributed by atoms with van der Waals surface area (Å²) in [4.78, 5) is -1.85. The minimum absolute atomic E-state index is 0.221. The SMILES string of the molecule is N#CCC[C@@H]1[C@H](C#N)[C@@]2(Cl)C[C@@]1(Cl)C(Cl)=C2Cl. The molecule has 1 saturated carbocycles. The number of hydrogen-bond donors (Lipinski definition) is 0. The van der Waals surface area contributed by atoms with Crippen LogP contribution in [0.5, 0.6) is 0 Å². The Labute approximate surface area is 120 Å². The van der Waals surface area contributed by atoms with Gasteiger partial charge in [-0.1, -0.05) is 23.2 Å². The van der Waals surface area contributed by atoms with Gasteiger partial charge in [0, 0.05) is 12.3 Å². The minimum atomic E-state index is -0.977. The first-order chi connectivity index (χ1) is 7.91. The number of nitriles is 2. The van der Waals surface area contributed by atoms with Crippen molar-refractivity contribution in [1.29, 1.82) is 10.5 Å². The molecule has 2 aliphatic rings. The van der Waals surface area contributed by atoms with E-state index in [1.807, 2.05) is 0 Å². The van der Waals surface area contributed by atoms with Gasteiger partial charge in [-0.15, -0.1) is 23.2 Å². The Morgan fingerprint density at radius 1 is 1.18 bits per heavy atom. The number of alkyl halides is 2. The lowest BCUT2D eigenvalue weighted by Crippen LogP contribution is -2.35. The average molecular weight is 310 g/mol. The summed E-state index contributed by atoms with van der Waals surface area (Å²) < 4.78 is 0. The highest BCUT2D eigenvalue weighted by atomic mass is 35.5. The molecule has 0 heterocycles.